The highest BCUT2D eigenvalue weighted by Crippen LogP contribution is 2.50. The molecule has 1 aromatic rings. The molecule has 2 N–H and O–H groups in total. The lowest BCUT2D eigenvalue weighted by Gasteiger charge is -2.37. The zero-order chi connectivity index (χ0) is 22.1. The topological polar surface area (TPSA) is 94.1 Å². The summed E-state index contributed by atoms with van der Waals surface area (Å²) in [5, 5.41) is 13.0. The second-order valence-electron chi connectivity index (χ2n) is 6.57. The molecule has 29 heavy (non-hydrogen) atoms. The van der Waals surface area contributed by atoms with Gasteiger partial charge in [-0.25, -0.2) is 0 Å². The number of aliphatic hydroxyl groups is 1. The number of allylic oxidation sites excluding steroid dienone is 1. The van der Waals surface area contributed by atoms with Gasteiger partial charge in [-0.2, -0.15) is 0 Å². The van der Waals surface area contributed by atoms with Crippen molar-refractivity contribution in [2.45, 2.75) is 45.6 Å². The molecule has 0 aromatic heterocycles. The third kappa shape index (κ3) is 5.58. The highest BCUT2D eigenvalue weighted by atomic mass is 16.6. The molecule has 0 aliphatic heterocycles. The van der Waals surface area contributed by atoms with E-state index in [4.69, 9.17) is 14.2 Å². The number of ketones is 1. The average molecular weight is 408 g/mol. The van der Waals surface area contributed by atoms with E-state index in [-0.39, 0.29) is 23.4 Å². The number of methoxy groups -OCH3 is 2. The van der Waals surface area contributed by atoms with Gasteiger partial charge in [-0.05, 0) is 50.6 Å². The molecule has 0 fully saturated rings. The van der Waals surface area contributed by atoms with Crippen LogP contribution >= 0.6 is 0 Å². The van der Waals surface area contributed by atoms with E-state index in [1.54, 1.807) is 18.2 Å². The molecule has 0 saturated carbocycles. The van der Waals surface area contributed by atoms with Crippen molar-refractivity contribution in [3.05, 3.63) is 35.1 Å². The van der Waals surface area contributed by atoms with E-state index < -0.39 is 12.1 Å². The number of fused-ring (bicyclic) bond motifs is 3. The fourth-order valence-electron chi connectivity index (χ4n) is 3.63. The summed E-state index contributed by atoms with van der Waals surface area (Å²) in [7, 11) is 6.73. The zero-order valence-corrected chi connectivity index (χ0v) is 18.4. The van der Waals surface area contributed by atoms with Crippen molar-refractivity contribution < 1.29 is 28.9 Å². The number of aliphatic hydroxyl groups excluding tert-OH is 1. The number of ether oxygens (including phenoxy) is 3. The van der Waals surface area contributed by atoms with Crippen LogP contribution in [0.4, 0.5) is 0 Å². The molecule has 1 aromatic carbocycles. The predicted molar refractivity (Wildman–Crippen MR) is 112 cm³/mol. The number of benzene rings is 1. The zero-order valence-electron chi connectivity index (χ0n) is 18.4. The van der Waals surface area contributed by atoms with Crippen LogP contribution in [0.1, 0.15) is 55.5 Å². The van der Waals surface area contributed by atoms with E-state index in [0.29, 0.717) is 35.5 Å². The van der Waals surface area contributed by atoms with Crippen LogP contribution in [-0.2, 0) is 9.53 Å². The van der Waals surface area contributed by atoms with Crippen LogP contribution in [0.3, 0.4) is 0 Å². The molecule has 2 aliphatic carbocycles. The van der Waals surface area contributed by atoms with Crippen molar-refractivity contribution >= 4 is 11.8 Å². The maximum atomic E-state index is 12.5. The van der Waals surface area contributed by atoms with E-state index in [1.807, 2.05) is 27.9 Å². The van der Waals surface area contributed by atoms with Crippen LogP contribution in [0.15, 0.2) is 24.0 Å². The maximum absolute atomic E-state index is 12.5. The number of carbonyl (C=O) groups is 2. The monoisotopic (exact) mass is 407 g/mol. The molecular weight excluding hydrogens is 374 g/mol. The first-order valence-electron chi connectivity index (χ1n) is 9.82. The van der Waals surface area contributed by atoms with Crippen molar-refractivity contribution in [3.8, 4) is 11.5 Å². The molecule has 3 rings (SSSR count). The second-order valence-corrected chi connectivity index (χ2v) is 6.57. The molecule has 7 heteroatoms. The van der Waals surface area contributed by atoms with E-state index in [1.165, 1.54) is 21.1 Å². The van der Waals surface area contributed by atoms with Gasteiger partial charge in [0.05, 0.1) is 14.2 Å². The molecular formula is C22H33NO6. The largest absolute Gasteiger partial charge is 0.499 e. The molecule has 0 bridgehead atoms. The van der Waals surface area contributed by atoms with Gasteiger partial charge in [0, 0.05) is 24.5 Å². The predicted octanol–water partition coefficient (Wildman–Crippen LogP) is 3.06. The van der Waals surface area contributed by atoms with Gasteiger partial charge in [-0.15, -0.1) is 0 Å². The van der Waals surface area contributed by atoms with E-state index in [0.717, 1.165) is 0 Å². The Morgan fingerprint density at radius 1 is 1.17 bits per heavy atom. The number of rotatable bonds is 3. The van der Waals surface area contributed by atoms with Crippen molar-refractivity contribution in [1.29, 1.82) is 0 Å². The van der Waals surface area contributed by atoms with Crippen molar-refractivity contribution in [1.82, 2.24) is 5.32 Å². The van der Waals surface area contributed by atoms with Crippen molar-refractivity contribution in [2.75, 3.05) is 28.3 Å². The van der Waals surface area contributed by atoms with E-state index in [9.17, 15) is 14.7 Å². The van der Waals surface area contributed by atoms with Crippen LogP contribution in [0.25, 0.3) is 0 Å². The maximum Gasteiger partial charge on any atom is 0.308 e. The molecule has 2 aliphatic rings. The van der Waals surface area contributed by atoms with E-state index >= 15 is 0 Å². The summed E-state index contributed by atoms with van der Waals surface area (Å²) in [6.07, 6.45) is 1.78. The summed E-state index contributed by atoms with van der Waals surface area (Å²) in [5.41, 5.74) is 1.16. The fraction of sp³-hybridized carbons (Fsp3) is 0.545. The Hall–Kier alpha value is -2.38. The lowest BCUT2D eigenvalue weighted by Crippen LogP contribution is -2.33. The molecule has 0 heterocycles. The second kappa shape index (κ2) is 11.6. The van der Waals surface area contributed by atoms with Gasteiger partial charge in [-0.3, -0.25) is 9.59 Å². The highest BCUT2D eigenvalue weighted by molar-refractivity contribution is 6.00. The van der Waals surface area contributed by atoms with Gasteiger partial charge in [0.1, 0.15) is 11.9 Å². The van der Waals surface area contributed by atoms with Gasteiger partial charge >= 0.3 is 5.97 Å². The standard InChI is InChI=1S/C18H20O6.C2H7N.C2H6/c1-9(19)24-18-15(22-2)5-4-11-13(20)6-10-7-16(23-3)14(21)8-12(10)17(11)18;1-3-2;1-2/h4-5,7,10,12,14,21H,6,8H2,1-3H3;3H,1-2H3;1-2H3. The minimum absolute atomic E-state index is 0.0228. The number of hydrogen-bond donors (Lipinski definition) is 2. The Kier molecular flexibility index (Phi) is 9.85. The summed E-state index contributed by atoms with van der Waals surface area (Å²) in [6, 6.07) is 3.33. The third-order valence-electron chi connectivity index (χ3n) is 4.65. The lowest BCUT2D eigenvalue weighted by atomic mass is 9.69. The summed E-state index contributed by atoms with van der Waals surface area (Å²) < 4.78 is 15.9. The van der Waals surface area contributed by atoms with Gasteiger partial charge in [0.25, 0.3) is 0 Å². The van der Waals surface area contributed by atoms with Crippen LogP contribution in [0, 0.1) is 5.92 Å². The van der Waals surface area contributed by atoms with Crippen molar-refractivity contribution in [3.63, 3.8) is 0 Å². The van der Waals surface area contributed by atoms with Gasteiger partial charge < -0.3 is 24.6 Å². The normalized spacial score (nSPS) is 21.7. The number of carbonyl (C=O) groups excluding carboxylic acids is 2. The Labute approximate surface area is 173 Å². The first-order valence-corrected chi connectivity index (χ1v) is 9.82. The molecule has 0 radical (unpaired) electrons. The molecule has 162 valence electrons. The Morgan fingerprint density at radius 2 is 1.79 bits per heavy atom. The summed E-state index contributed by atoms with van der Waals surface area (Å²) in [6.45, 7) is 5.31. The first kappa shape index (κ1) is 24.7. The van der Waals surface area contributed by atoms with Gasteiger partial charge in [-0.1, -0.05) is 13.8 Å². The highest BCUT2D eigenvalue weighted by Gasteiger charge is 2.41. The van der Waals surface area contributed by atoms with Crippen LogP contribution in [0.2, 0.25) is 0 Å². The summed E-state index contributed by atoms with van der Waals surface area (Å²) in [5.74, 6) is 0.386. The molecule has 0 amide bonds. The molecule has 3 unspecified atom stereocenters. The SMILES string of the molecule is CC.CNC.COC1=CC2CC(=O)c3ccc(OC)c(OC(C)=O)c3C2CC1O. The fourth-order valence-corrected chi connectivity index (χ4v) is 3.63. The average Bonchev–Trinajstić information content (AvgIpc) is 2.70. The first-order chi connectivity index (χ1) is 13.9. The molecule has 0 spiro atoms. The third-order valence-corrected chi connectivity index (χ3v) is 4.65. The molecule has 3 atom stereocenters. The number of Topliss-reactive ketones (excluding diaryl/α,β-unsaturated/α-hetero) is 1. The smallest absolute Gasteiger partial charge is 0.308 e. The Balaban J connectivity index is 0.000000771. The minimum Gasteiger partial charge on any atom is -0.499 e. The molecule has 0 saturated heterocycles. The Morgan fingerprint density at radius 3 is 2.31 bits per heavy atom. The minimum atomic E-state index is -0.756. The number of hydrogen-bond acceptors (Lipinski definition) is 7. The van der Waals surface area contributed by atoms with Crippen LogP contribution in [-0.4, -0.2) is 51.3 Å². The summed E-state index contributed by atoms with van der Waals surface area (Å²) >= 11 is 0. The van der Waals surface area contributed by atoms with Gasteiger partial charge in [0.15, 0.2) is 17.3 Å². The number of esters is 1. The number of nitrogens with one attached hydrogen (secondary N) is 1. The quantitative estimate of drug-likeness (QED) is 0.587. The summed E-state index contributed by atoms with van der Waals surface area (Å²) in [4.78, 5) is 24.1. The molecule has 7 nitrogen and oxygen atoms in total. The van der Waals surface area contributed by atoms with E-state index in [2.05, 4.69) is 5.32 Å². The van der Waals surface area contributed by atoms with Gasteiger partial charge in [0.2, 0.25) is 0 Å². The lowest BCUT2D eigenvalue weighted by molar-refractivity contribution is -0.132. The Bertz CT molecular complexity index is 743. The van der Waals surface area contributed by atoms with Crippen LogP contribution in [0.5, 0.6) is 11.5 Å². The van der Waals surface area contributed by atoms with Crippen LogP contribution < -0.4 is 14.8 Å². The van der Waals surface area contributed by atoms with Crippen molar-refractivity contribution in [2.24, 2.45) is 5.92 Å².